The van der Waals surface area contributed by atoms with Crippen molar-refractivity contribution < 1.29 is 4.92 Å². The Balaban J connectivity index is 2.43. The molecule has 0 radical (unpaired) electrons. The van der Waals surface area contributed by atoms with Crippen LogP contribution in [0.5, 0.6) is 0 Å². The van der Waals surface area contributed by atoms with Crippen LogP contribution in [0.25, 0.3) is 0 Å². The lowest BCUT2D eigenvalue weighted by atomic mass is 9.98. The normalized spacial score (nSPS) is 18.9. The molecule has 100 valence electrons. The number of hydrogen-bond acceptors (Lipinski definition) is 4. The molecule has 1 aromatic rings. The van der Waals surface area contributed by atoms with Gasteiger partial charge in [-0.05, 0) is 37.8 Å². The summed E-state index contributed by atoms with van der Waals surface area (Å²) in [5.74, 6) is 0. The highest BCUT2D eigenvalue weighted by molar-refractivity contribution is 5.66. The van der Waals surface area contributed by atoms with Gasteiger partial charge in [0, 0.05) is 18.7 Å². The third-order valence-electron chi connectivity index (χ3n) is 3.71. The van der Waals surface area contributed by atoms with E-state index >= 15 is 0 Å². The average molecular weight is 259 g/mol. The third kappa shape index (κ3) is 2.68. The molecule has 1 fully saturated rings. The molecule has 1 aliphatic heterocycles. The summed E-state index contributed by atoms with van der Waals surface area (Å²) in [5.41, 5.74) is 1.02. The van der Waals surface area contributed by atoms with Crippen molar-refractivity contribution in [2.75, 3.05) is 11.4 Å². The van der Waals surface area contributed by atoms with E-state index in [1.54, 1.807) is 12.1 Å². The minimum Gasteiger partial charge on any atom is -0.363 e. The van der Waals surface area contributed by atoms with Crippen LogP contribution in [0, 0.1) is 21.4 Å². The van der Waals surface area contributed by atoms with E-state index in [0.29, 0.717) is 17.3 Å². The van der Waals surface area contributed by atoms with Crippen molar-refractivity contribution in [3.05, 3.63) is 33.9 Å². The molecule has 1 heterocycles. The largest absolute Gasteiger partial charge is 0.363 e. The van der Waals surface area contributed by atoms with Gasteiger partial charge in [-0.25, -0.2) is 0 Å². The zero-order valence-corrected chi connectivity index (χ0v) is 11.0. The molecule has 1 saturated heterocycles. The van der Waals surface area contributed by atoms with E-state index in [0.717, 1.165) is 25.8 Å². The molecule has 0 N–H and O–H groups in total. The number of nitro benzene ring substituents is 1. The first-order valence-electron chi connectivity index (χ1n) is 6.62. The van der Waals surface area contributed by atoms with Crippen molar-refractivity contribution in [1.29, 1.82) is 5.26 Å². The highest BCUT2D eigenvalue weighted by Crippen LogP contribution is 2.34. The fourth-order valence-corrected chi connectivity index (χ4v) is 2.72. The maximum Gasteiger partial charge on any atom is 0.293 e. The van der Waals surface area contributed by atoms with Gasteiger partial charge in [0.25, 0.3) is 5.69 Å². The van der Waals surface area contributed by atoms with E-state index < -0.39 is 4.92 Å². The molecule has 19 heavy (non-hydrogen) atoms. The topological polar surface area (TPSA) is 70.2 Å². The lowest BCUT2D eigenvalue weighted by Crippen LogP contribution is -2.39. The highest BCUT2D eigenvalue weighted by atomic mass is 16.6. The van der Waals surface area contributed by atoms with E-state index in [4.69, 9.17) is 5.26 Å². The smallest absolute Gasteiger partial charge is 0.293 e. The number of nitriles is 1. The van der Waals surface area contributed by atoms with E-state index in [-0.39, 0.29) is 5.69 Å². The van der Waals surface area contributed by atoms with Crippen LogP contribution in [0.15, 0.2) is 18.2 Å². The molecule has 5 nitrogen and oxygen atoms in total. The molecule has 1 aliphatic rings. The zero-order chi connectivity index (χ0) is 13.8. The number of nitrogens with zero attached hydrogens (tertiary/aromatic N) is 3. The molecule has 0 spiro atoms. The molecule has 5 heteroatoms. The number of piperidine rings is 1. The third-order valence-corrected chi connectivity index (χ3v) is 3.71. The Hall–Kier alpha value is -2.09. The Bertz CT molecular complexity index is 522. The van der Waals surface area contributed by atoms with Gasteiger partial charge in [-0.15, -0.1) is 0 Å². The molecule has 0 amide bonds. The molecule has 1 aromatic carbocycles. The van der Waals surface area contributed by atoms with Crippen molar-refractivity contribution >= 4 is 11.4 Å². The van der Waals surface area contributed by atoms with E-state index in [1.165, 1.54) is 12.5 Å². The number of nitro groups is 1. The van der Waals surface area contributed by atoms with Gasteiger partial charge < -0.3 is 4.90 Å². The summed E-state index contributed by atoms with van der Waals surface area (Å²) in [5, 5.41) is 20.1. The Morgan fingerprint density at radius 3 is 2.95 bits per heavy atom. The van der Waals surface area contributed by atoms with E-state index in [2.05, 4.69) is 11.8 Å². The van der Waals surface area contributed by atoms with Crippen LogP contribution < -0.4 is 4.90 Å². The maximum absolute atomic E-state index is 11.2. The van der Waals surface area contributed by atoms with Crippen molar-refractivity contribution in [1.82, 2.24) is 0 Å². The summed E-state index contributed by atoms with van der Waals surface area (Å²) >= 11 is 0. The van der Waals surface area contributed by atoms with Crippen LogP contribution in [0.2, 0.25) is 0 Å². The van der Waals surface area contributed by atoms with Gasteiger partial charge in [0.15, 0.2) is 0 Å². The second-order valence-electron chi connectivity index (χ2n) is 4.82. The Morgan fingerprint density at radius 2 is 2.32 bits per heavy atom. The first-order valence-corrected chi connectivity index (χ1v) is 6.62. The van der Waals surface area contributed by atoms with Crippen LogP contribution in [0.1, 0.15) is 38.2 Å². The minimum absolute atomic E-state index is 0.0411. The van der Waals surface area contributed by atoms with Gasteiger partial charge in [0.05, 0.1) is 16.6 Å². The second kappa shape index (κ2) is 5.70. The first-order chi connectivity index (χ1) is 9.17. The zero-order valence-electron chi connectivity index (χ0n) is 11.0. The Labute approximate surface area is 112 Å². The van der Waals surface area contributed by atoms with Crippen molar-refractivity contribution in [2.45, 2.75) is 38.6 Å². The van der Waals surface area contributed by atoms with Gasteiger partial charge in [-0.2, -0.15) is 5.26 Å². The lowest BCUT2D eigenvalue weighted by molar-refractivity contribution is -0.384. The average Bonchev–Trinajstić information content (AvgIpc) is 2.46. The predicted molar refractivity (Wildman–Crippen MR) is 73.1 cm³/mol. The Morgan fingerprint density at radius 1 is 1.53 bits per heavy atom. The van der Waals surface area contributed by atoms with E-state index in [1.807, 2.05) is 6.07 Å². The SMILES string of the molecule is CCC1CCCCN1c1ccc(C#N)cc1[N+](=O)[O-]. The monoisotopic (exact) mass is 259 g/mol. The standard InChI is InChI=1S/C14H17N3O2/c1-2-12-5-3-4-8-16(12)13-7-6-11(10-15)9-14(13)17(18)19/h6-7,9,12H,2-5,8H2,1H3. The number of rotatable bonds is 3. The van der Waals surface area contributed by atoms with Crippen molar-refractivity contribution in [2.24, 2.45) is 0 Å². The van der Waals surface area contributed by atoms with Crippen LogP contribution >= 0.6 is 0 Å². The molecule has 1 atom stereocenters. The number of hydrogen-bond donors (Lipinski definition) is 0. The summed E-state index contributed by atoms with van der Waals surface area (Å²) in [6.07, 6.45) is 4.30. The van der Waals surface area contributed by atoms with Gasteiger partial charge in [0.2, 0.25) is 0 Å². The fraction of sp³-hybridized carbons (Fsp3) is 0.500. The summed E-state index contributed by atoms with van der Waals surface area (Å²) in [4.78, 5) is 12.9. The molecule has 0 aromatic heterocycles. The molecular formula is C14H17N3O2. The van der Waals surface area contributed by atoms with Crippen LogP contribution in [-0.2, 0) is 0 Å². The van der Waals surface area contributed by atoms with Crippen molar-refractivity contribution in [3.63, 3.8) is 0 Å². The van der Waals surface area contributed by atoms with Gasteiger partial charge in [-0.3, -0.25) is 10.1 Å². The summed E-state index contributed by atoms with van der Waals surface area (Å²) < 4.78 is 0. The summed E-state index contributed by atoms with van der Waals surface area (Å²) in [6, 6.07) is 7.06. The minimum atomic E-state index is -0.391. The van der Waals surface area contributed by atoms with Gasteiger partial charge in [-0.1, -0.05) is 6.92 Å². The quantitative estimate of drug-likeness (QED) is 0.617. The molecule has 0 saturated carbocycles. The van der Waals surface area contributed by atoms with E-state index in [9.17, 15) is 10.1 Å². The second-order valence-corrected chi connectivity index (χ2v) is 4.82. The molecule has 0 bridgehead atoms. The molecule has 1 unspecified atom stereocenters. The maximum atomic E-state index is 11.2. The predicted octanol–water partition coefficient (Wildman–Crippen LogP) is 3.24. The molecule has 2 rings (SSSR count). The fourth-order valence-electron chi connectivity index (χ4n) is 2.72. The number of benzene rings is 1. The van der Waals surface area contributed by atoms with Crippen LogP contribution in [0.3, 0.4) is 0 Å². The highest BCUT2D eigenvalue weighted by Gasteiger charge is 2.27. The summed E-state index contributed by atoms with van der Waals surface area (Å²) in [7, 11) is 0. The van der Waals surface area contributed by atoms with Gasteiger partial charge in [0.1, 0.15) is 5.69 Å². The van der Waals surface area contributed by atoms with Crippen LogP contribution in [0.4, 0.5) is 11.4 Å². The first kappa shape index (κ1) is 13.3. The van der Waals surface area contributed by atoms with Crippen molar-refractivity contribution in [3.8, 4) is 6.07 Å². The summed E-state index contributed by atoms with van der Waals surface area (Å²) in [6.45, 7) is 2.96. The van der Waals surface area contributed by atoms with Gasteiger partial charge >= 0.3 is 0 Å². The number of anilines is 1. The molecule has 0 aliphatic carbocycles. The Kier molecular flexibility index (Phi) is 4.00. The molecular weight excluding hydrogens is 242 g/mol. The lowest BCUT2D eigenvalue weighted by Gasteiger charge is -2.36. The van der Waals surface area contributed by atoms with Crippen LogP contribution in [-0.4, -0.2) is 17.5 Å².